The second-order valence-corrected chi connectivity index (χ2v) is 5.20. The van der Waals surface area contributed by atoms with Crippen molar-refractivity contribution >= 4 is 0 Å². The average molecular weight is 274 g/mol. The number of methoxy groups -OCH3 is 1. The highest BCUT2D eigenvalue weighted by Crippen LogP contribution is 2.30. The highest BCUT2D eigenvalue weighted by Gasteiger charge is 2.27. The Morgan fingerprint density at radius 1 is 1.15 bits per heavy atom. The van der Waals surface area contributed by atoms with Gasteiger partial charge in [0, 0.05) is 6.42 Å². The van der Waals surface area contributed by atoms with Gasteiger partial charge in [0.1, 0.15) is 0 Å². The molecule has 1 atom stereocenters. The van der Waals surface area contributed by atoms with E-state index in [1.807, 2.05) is 31.2 Å². The SMILES string of the molecule is COc1cccc(CC(C)(O)c2ccccc2C)c1F. The van der Waals surface area contributed by atoms with Crippen molar-refractivity contribution in [3.63, 3.8) is 0 Å². The lowest BCUT2D eigenvalue weighted by Crippen LogP contribution is -2.26. The van der Waals surface area contributed by atoms with Gasteiger partial charge in [-0.25, -0.2) is 4.39 Å². The van der Waals surface area contributed by atoms with E-state index in [-0.39, 0.29) is 12.2 Å². The molecule has 0 saturated carbocycles. The second-order valence-electron chi connectivity index (χ2n) is 5.20. The van der Waals surface area contributed by atoms with Crippen molar-refractivity contribution in [2.24, 2.45) is 0 Å². The lowest BCUT2D eigenvalue weighted by Gasteiger charge is -2.26. The van der Waals surface area contributed by atoms with Crippen LogP contribution in [0.5, 0.6) is 5.75 Å². The molecule has 0 aliphatic heterocycles. The molecule has 0 spiro atoms. The molecule has 0 aliphatic carbocycles. The monoisotopic (exact) mass is 274 g/mol. The summed E-state index contributed by atoms with van der Waals surface area (Å²) in [6, 6.07) is 12.6. The second kappa shape index (κ2) is 5.63. The number of aryl methyl sites for hydroxylation is 1. The van der Waals surface area contributed by atoms with Gasteiger partial charge in [-0.2, -0.15) is 0 Å². The van der Waals surface area contributed by atoms with E-state index in [1.165, 1.54) is 7.11 Å². The van der Waals surface area contributed by atoms with Crippen molar-refractivity contribution in [2.45, 2.75) is 25.9 Å². The zero-order valence-electron chi connectivity index (χ0n) is 12.0. The predicted octanol–water partition coefficient (Wildman–Crippen LogP) is 3.59. The number of rotatable bonds is 4. The van der Waals surface area contributed by atoms with Gasteiger partial charge in [-0.1, -0.05) is 36.4 Å². The van der Waals surface area contributed by atoms with E-state index in [9.17, 15) is 9.50 Å². The number of ether oxygens (including phenoxy) is 1. The van der Waals surface area contributed by atoms with Crippen LogP contribution < -0.4 is 4.74 Å². The van der Waals surface area contributed by atoms with E-state index in [2.05, 4.69) is 0 Å². The standard InChI is InChI=1S/C17H19FO2/c1-12-7-4-5-9-14(12)17(2,19)11-13-8-6-10-15(20-3)16(13)18/h4-10,19H,11H2,1-3H3. The average Bonchev–Trinajstić information content (AvgIpc) is 2.41. The maximum atomic E-state index is 14.2. The quantitative estimate of drug-likeness (QED) is 0.923. The van der Waals surface area contributed by atoms with Crippen LogP contribution in [0.1, 0.15) is 23.6 Å². The Labute approximate surface area is 118 Å². The summed E-state index contributed by atoms with van der Waals surface area (Å²) in [6.07, 6.45) is 0.195. The summed E-state index contributed by atoms with van der Waals surface area (Å²) in [5.41, 5.74) is 1.11. The van der Waals surface area contributed by atoms with Gasteiger partial charge < -0.3 is 9.84 Å². The normalized spacial score (nSPS) is 13.8. The van der Waals surface area contributed by atoms with Crippen LogP contribution in [0.15, 0.2) is 42.5 Å². The molecule has 106 valence electrons. The van der Waals surface area contributed by atoms with E-state index in [0.29, 0.717) is 5.56 Å². The minimum Gasteiger partial charge on any atom is -0.494 e. The van der Waals surface area contributed by atoms with Gasteiger partial charge in [-0.15, -0.1) is 0 Å². The maximum Gasteiger partial charge on any atom is 0.168 e. The molecule has 1 N–H and O–H groups in total. The zero-order valence-corrected chi connectivity index (χ0v) is 12.0. The molecule has 0 radical (unpaired) electrons. The molecule has 20 heavy (non-hydrogen) atoms. The van der Waals surface area contributed by atoms with E-state index in [1.54, 1.807) is 25.1 Å². The van der Waals surface area contributed by atoms with Crippen molar-refractivity contribution in [3.05, 3.63) is 65.0 Å². The Kier molecular flexibility index (Phi) is 4.09. The maximum absolute atomic E-state index is 14.2. The lowest BCUT2D eigenvalue weighted by molar-refractivity contribution is 0.0559. The van der Waals surface area contributed by atoms with E-state index in [4.69, 9.17) is 4.74 Å². The first kappa shape index (κ1) is 14.5. The van der Waals surface area contributed by atoms with Crippen molar-refractivity contribution in [3.8, 4) is 5.75 Å². The molecule has 0 saturated heterocycles. The summed E-state index contributed by atoms with van der Waals surface area (Å²) in [5.74, 6) is -0.216. The molecule has 0 heterocycles. The third-order valence-corrected chi connectivity index (χ3v) is 3.52. The highest BCUT2D eigenvalue weighted by atomic mass is 19.1. The number of halogens is 1. The first-order valence-electron chi connectivity index (χ1n) is 6.55. The number of aliphatic hydroxyl groups is 1. The van der Waals surface area contributed by atoms with Crippen molar-refractivity contribution in [1.29, 1.82) is 0 Å². The summed E-state index contributed by atoms with van der Waals surface area (Å²) in [4.78, 5) is 0. The van der Waals surface area contributed by atoms with Crippen LogP contribution in [0.3, 0.4) is 0 Å². The summed E-state index contributed by atoms with van der Waals surface area (Å²) >= 11 is 0. The Bertz CT molecular complexity index is 606. The lowest BCUT2D eigenvalue weighted by atomic mass is 9.86. The zero-order chi connectivity index (χ0) is 14.8. The molecule has 2 aromatic rings. The van der Waals surface area contributed by atoms with E-state index >= 15 is 0 Å². The first-order valence-corrected chi connectivity index (χ1v) is 6.55. The fourth-order valence-corrected chi connectivity index (χ4v) is 2.49. The van der Waals surface area contributed by atoms with Gasteiger partial charge in [-0.05, 0) is 36.6 Å². The van der Waals surface area contributed by atoms with Gasteiger partial charge in [0.05, 0.1) is 12.7 Å². The molecule has 0 bridgehead atoms. The number of hydrogen-bond donors (Lipinski definition) is 1. The molecular formula is C17H19FO2. The largest absolute Gasteiger partial charge is 0.494 e. The Morgan fingerprint density at radius 3 is 2.50 bits per heavy atom. The van der Waals surface area contributed by atoms with Crippen LogP contribution in [-0.4, -0.2) is 12.2 Å². The molecule has 0 fully saturated rings. The van der Waals surface area contributed by atoms with Gasteiger partial charge in [0.15, 0.2) is 11.6 Å². The van der Waals surface area contributed by atoms with Crippen LogP contribution in [-0.2, 0) is 12.0 Å². The van der Waals surface area contributed by atoms with Gasteiger partial charge in [0.2, 0.25) is 0 Å². The Morgan fingerprint density at radius 2 is 1.85 bits per heavy atom. The Balaban J connectivity index is 2.36. The molecule has 2 aromatic carbocycles. The topological polar surface area (TPSA) is 29.5 Å². The molecule has 3 heteroatoms. The van der Waals surface area contributed by atoms with E-state index < -0.39 is 11.4 Å². The smallest absolute Gasteiger partial charge is 0.168 e. The summed E-state index contributed by atoms with van der Waals surface area (Å²) in [5, 5.41) is 10.7. The number of hydrogen-bond acceptors (Lipinski definition) is 2. The van der Waals surface area contributed by atoms with Gasteiger partial charge in [0.25, 0.3) is 0 Å². The van der Waals surface area contributed by atoms with Gasteiger partial charge >= 0.3 is 0 Å². The Hall–Kier alpha value is -1.87. The molecule has 0 aliphatic rings. The third-order valence-electron chi connectivity index (χ3n) is 3.52. The minimum atomic E-state index is -1.13. The van der Waals surface area contributed by atoms with E-state index in [0.717, 1.165) is 11.1 Å². The molecule has 1 unspecified atom stereocenters. The minimum absolute atomic E-state index is 0.195. The fourth-order valence-electron chi connectivity index (χ4n) is 2.49. The van der Waals surface area contributed by atoms with Crippen LogP contribution in [0.2, 0.25) is 0 Å². The fraction of sp³-hybridized carbons (Fsp3) is 0.294. The van der Waals surface area contributed by atoms with Crippen LogP contribution in [0.25, 0.3) is 0 Å². The summed E-state index contributed by atoms with van der Waals surface area (Å²) in [7, 11) is 1.43. The molecule has 2 rings (SSSR count). The van der Waals surface area contributed by atoms with Crippen LogP contribution >= 0.6 is 0 Å². The van der Waals surface area contributed by atoms with Crippen molar-refractivity contribution in [1.82, 2.24) is 0 Å². The van der Waals surface area contributed by atoms with Gasteiger partial charge in [-0.3, -0.25) is 0 Å². The molecule has 2 nitrogen and oxygen atoms in total. The summed E-state index contributed by atoms with van der Waals surface area (Å²) in [6.45, 7) is 3.64. The summed E-state index contributed by atoms with van der Waals surface area (Å²) < 4.78 is 19.2. The van der Waals surface area contributed by atoms with Crippen molar-refractivity contribution < 1.29 is 14.2 Å². The first-order chi connectivity index (χ1) is 9.45. The van der Waals surface area contributed by atoms with Crippen LogP contribution in [0.4, 0.5) is 4.39 Å². The molecule has 0 aromatic heterocycles. The predicted molar refractivity (Wildman–Crippen MR) is 77.4 cm³/mol. The van der Waals surface area contributed by atoms with Crippen molar-refractivity contribution in [2.75, 3.05) is 7.11 Å². The third kappa shape index (κ3) is 2.83. The highest BCUT2D eigenvalue weighted by molar-refractivity contribution is 5.36. The molecular weight excluding hydrogens is 255 g/mol. The number of benzene rings is 2. The van der Waals surface area contributed by atoms with Crippen LogP contribution in [0, 0.1) is 12.7 Å². The molecule has 0 amide bonds.